The zero-order chi connectivity index (χ0) is 93.9. The van der Waals surface area contributed by atoms with Crippen molar-refractivity contribution < 1.29 is 31.8 Å². The molecule has 20 rings (SSSR count). The summed E-state index contributed by atoms with van der Waals surface area (Å²) in [5.41, 5.74) is 16.6. The van der Waals surface area contributed by atoms with Crippen molar-refractivity contribution in [1.29, 1.82) is 0 Å². The van der Waals surface area contributed by atoms with Gasteiger partial charge in [0.2, 0.25) is 0 Å². The summed E-state index contributed by atoms with van der Waals surface area (Å²) in [5, 5.41) is 1.38. The molecule has 0 bridgehead atoms. The van der Waals surface area contributed by atoms with Crippen LogP contribution in [0.25, 0.3) is 147 Å². The molecule has 13 aromatic carbocycles. The van der Waals surface area contributed by atoms with Gasteiger partial charge >= 0.3 is 14.2 Å². The largest absolute Gasteiger partial charge is 0.534 e. The van der Waals surface area contributed by atoms with E-state index in [0.29, 0.717) is 83.5 Å². The van der Waals surface area contributed by atoms with Crippen LogP contribution in [-0.2, 0) is 18.6 Å². The van der Waals surface area contributed by atoms with Crippen molar-refractivity contribution in [3.05, 3.63) is 421 Å². The number of hydrogen-bond donors (Lipinski definition) is 0. The molecule has 2 aliphatic heterocycles. The SMILES string of the molecule is CC1(C)OB(c2cc(Cl)ccc2F)OC1(C)C.CC1(C)OB(c2nc(-c3ccccc3)cc(-c3ccccc3)n2)OC1(C)C.Clc1cc(-c2ccccc2)nc(-c2ccccc2)n1.Fc1ccc(-c2nc(-c3ccccc3)cc(-c3ccccc3)n2)cc1-c1cc(-c2ccccc2)nc(-c2ccccc2)n1.Fc1ccc(Cl)cc1-c1cc(-c2ccccc2)nc(-c2ccccc2)n1.II. The molecule has 18 aromatic rings. The molecule has 2 saturated heterocycles. The molecule has 0 N–H and O–H groups in total. The predicted molar refractivity (Wildman–Crippen MR) is 555 cm³/mol. The van der Waals surface area contributed by atoms with Crippen LogP contribution in [-0.4, -0.2) is 86.5 Å². The third kappa shape index (κ3) is 23.9. The Labute approximate surface area is 817 Å². The summed E-state index contributed by atoms with van der Waals surface area (Å²) in [5.74, 6) is 1.09. The number of nitrogens with zero attached hydrogens (tertiary/aromatic N) is 10. The minimum Gasteiger partial charge on any atom is -0.399 e. The van der Waals surface area contributed by atoms with Crippen LogP contribution in [0.3, 0.4) is 0 Å². The Morgan fingerprint density at radius 1 is 0.224 bits per heavy atom. The highest BCUT2D eigenvalue weighted by Gasteiger charge is 2.54. The summed E-state index contributed by atoms with van der Waals surface area (Å²) >= 11 is 22.3. The van der Waals surface area contributed by atoms with Crippen molar-refractivity contribution in [3.8, 4) is 147 Å². The first-order chi connectivity index (χ1) is 64.8. The highest BCUT2D eigenvalue weighted by atomic mass is 128. The van der Waals surface area contributed by atoms with Gasteiger partial charge in [0.25, 0.3) is 0 Å². The van der Waals surface area contributed by atoms with Gasteiger partial charge in [-0.25, -0.2) is 63.0 Å². The lowest BCUT2D eigenvalue weighted by Gasteiger charge is -2.32. The van der Waals surface area contributed by atoms with Crippen molar-refractivity contribution in [1.82, 2.24) is 49.8 Å². The first-order valence-corrected chi connectivity index (χ1v) is 50.5. The van der Waals surface area contributed by atoms with Gasteiger partial charge in [-0.2, -0.15) is 0 Å². The van der Waals surface area contributed by atoms with Gasteiger partial charge in [-0.05, 0) is 134 Å². The summed E-state index contributed by atoms with van der Waals surface area (Å²) in [6.07, 6.45) is 0. The topological polar surface area (TPSA) is 166 Å². The number of hydrogen-bond acceptors (Lipinski definition) is 14. The van der Waals surface area contributed by atoms with E-state index in [0.717, 1.165) is 89.8 Å². The van der Waals surface area contributed by atoms with E-state index in [1.807, 2.05) is 377 Å². The fraction of sp³-hybridized carbons (Fsp3) is 0.109. The van der Waals surface area contributed by atoms with Gasteiger partial charge in [0.1, 0.15) is 22.6 Å². The molecular formula is C110H88B2Cl3F3I2N10O4. The maximum atomic E-state index is 15.6. The fourth-order valence-electron chi connectivity index (χ4n) is 14.4. The van der Waals surface area contributed by atoms with E-state index in [1.165, 1.54) is 30.3 Å². The Bertz CT molecular complexity index is 6690. The highest BCUT2D eigenvalue weighted by Crippen LogP contribution is 2.41. The normalized spacial score (nSPS) is 13.5. The highest BCUT2D eigenvalue weighted by molar-refractivity contribution is 15.0. The van der Waals surface area contributed by atoms with Crippen molar-refractivity contribution in [2.45, 2.75) is 77.8 Å². The smallest absolute Gasteiger partial charge is 0.399 e. The van der Waals surface area contributed by atoms with Gasteiger partial charge in [0.05, 0.1) is 73.6 Å². The van der Waals surface area contributed by atoms with Crippen LogP contribution in [0.4, 0.5) is 13.2 Å². The number of benzene rings is 13. The summed E-state index contributed by atoms with van der Waals surface area (Å²) in [6, 6.07) is 122. The van der Waals surface area contributed by atoms with Crippen LogP contribution < -0.4 is 11.2 Å². The van der Waals surface area contributed by atoms with Crippen LogP contribution in [0.5, 0.6) is 0 Å². The molecule has 24 heteroatoms. The Hall–Kier alpha value is -12.7. The summed E-state index contributed by atoms with van der Waals surface area (Å²) in [7, 11) is -1.31. The Morgan fingerprint density at radius 2 is 0.455 bits per heavy atom. The Kier molecular flexibility index (Phi) is 31.5. The van der Waals surface area contributed by atoms with Crippen LogP contribution in [0.2, 0.25) is 15.2 Å². The molecule has 5 aromatic heterocycles. The monoisotopic (exact) mass is 2050 g/mol. The average Bonchev–Trinajstić information content (AvgIpc) is 1.61. The second-order valence-electron chi connectivity index (χ2n) is 33.1. The van der Waals surface area contributed by atoms with Gasteiger partial charge in [0.15, 0.2) is 29.0 Å². The van der Waals surface area contributed by atoms with Crippen LogP contribution in [0.15, 0.2) is 388 Å². The van der Waals surface area contributed by atoms with E-state index in [1.54, 1.807) is 36.4 Å². The fourth-order valence-corrected chi connectivity index (χ4v) is 14.9. The molecule has 0 radical (unpaired) electrons. The van der Waals surface area contributed by atoms with E-state index < -0.39 is 36.6 Å². The predicted octanol–water partition coefficient (Wildman–Crippen LogP) is 28.8. The van der Waals surface area contributed by atoms with E-state index >= 15 is 4.39 Å². The van der Waals surface area contributed by atoms with Crippen molar-refractivity contribution >= 4 is 97.5 Å². The average molecular weight is 2050 g/mol. The summed E-state index contributed by atoms with van der Waals surface area (Å²) in [6.45, 7) is 15.8. The molecule has 0 amide bonds. The zero-order valence-electron chi connectivity index (χ0n) is 74.2. The zero-order valence-corrected chi connectivity index (χ0v) is 80.8. The van der Waals surface area contributed by atoms with E-state index in [9.17, 15) is 8.78 Å². The van der Waals surface area contributed by atoms with Crippen molar-refractivity contribution in [2.75, 3.05) is 0 Å². The first-order valence-electron chi connectivity index (χ1n) is 43.0. The lowest BCUT2D eigenvalue weighted by atomic mass is 9.79. The number of rotatable bonds is 15. The minimum absolute atomic E-state index is 0.344. The molecule has 664 valence electrons. The van der Waals surface area contributed by atoms with Crippen molar-refractivity contribution in [2.24, 2.45) is 0 Å². The third-order valence-electron chi connectivity index (χ3n) is 22.8. The molecule has 0 spiro atoms. The van der Waals surface area contributed by atoms with Gasteiger partial charge < -0.3 is 18.6 Å². The minimum atomic E-state index is -0.710. The lowest BCUT2D eigenvalue weighted by Crippen LogP contribution is -2.41. The van der Waals surface area contributed by atoms with Gasteiger partial charge in [-0.3, -0.25) is 0 Å². The maximum absolute atomic E-state index is 15.6. The van der Waals surface area contributed by atoms with E-state index in [2.05, 4.69) is 57.2 Å². The Balaban J connectivity index is 0.000000132. The number of halogens is 8. The van der Waals surface area contributed by atoms with E-state index in [-0.39, 0.29) is 17.5 Å². The van der Waals surface area contributed by atoms with Gasteiger partial charge in [-0.15, -0.1) is 0 Å². The molecule has 0 atom stereocenters. The molecule has 0 aliphatic carbocycles. The van der Waals surface area contributed by atoms with Crippen LogP contribution in [0, 0.1) is 17.5 Å². The molecule has 134 heavy (non-hydrogen) atoms. The molecule has 2 aliphatic rings. The molecular weight excluding hydrogens is 1960 g/mol. The number of aromatic nitrogens is 10. The lowest BCUT2D eigenvalue weighted by molar-refractivity contribution is 0.00578. The van der Waals surface area contributed by atoms with Gasteiger partial charge in [0, 0.05) is 131 Å². The summed E-state index contributed by atoms with van der Waals surface area (Å²) < 4.78 is 67.6. The molecule has 7 heterocycles. The summed E-state index contributed by atoms with van der Waals surface area (Å²) in [4.78, 5) is 47.2. The van der Waals surface area contributed by atoms with Crippen LogP contribution >= 0.6 is 72.0 Å². The standard InChI is InChI=1S/C38H25FN4.C22H23BN2O2.C22H14ClFN2.C16H11ClN2.C12H15BClFO2.I2/c39-32-22-21-30(38-41-33(26-13-5-1-6-14-26)24-34(42-38)27-15-7-2-8-16-27)23-31(32)36-25-35(28-17-9-3-10-18-28)40-37(43-36)29-19-11-4-12-20-29;1-21(2)22(3,4)27-23(26-21)20-24-18(16-11-7-5-8-12-16)15-19(25-20)17-13-9-6-10-14-17;23-17-11-12-19(24)18(13-17)21-14-20(15-7-3-1-4-8-15)25-22(26-21)16-9-5-2-6-10-16;17-15-11-14(12-7-3-1-4-8-12)18-16(19-15)13-9-5-2-6-10-13;1-11(2)12(3,4)17-13(16-11)9-7-8(14)5-6-10(9)15;1-2/h1-25H;5-15H,1-4H3;1-14H;1-11H;5-7H,1-4H3;. The van der Waals surface area contributed by atoms with Crippen LogP contribution in [0.1, 0.15) is 55.4 Å². The second-order valence-corrected chi connectivity index (χ2v) is 34.4. The Morgan fingerprint density at radius 3 is 0.776 bits per heavy atom. The third-order valence-corrected chi connectivity index (χ3v) is 23.5. The van der Waals surface area contributed by atoms with Crippen molar-refractivity contribution in [3.63, 3.8) is 0 Å². The molecule has 2 fully saturated rings. The quantitative estimate of drug-likeness (QED) is 0.0540. The maximum Gasteiger partial charge on any atom is 0.534 e. The molecule has 0 unspecified atom stereocenters. The molecule has 0 saturated carbocycles. The molecule has 14 nitrogen and oxygen atoms in total. The second kappa shape index (κ2) is 44.0. The van der Waals surface area contributed by atoms with Gasteiger partial charge in [-0.1, -0.05) is 338 Å². The van der Waals surface area contributed by atoms with E-state index in [4.69, 9.17) is 83.3 Å². The first kappa shape index (κ1) is 95.9.